The Bertz CT molecular complexity index is 736. The number of para-hydroxylation sites is 1. The Morgan fingerprint density at radius 3 is 2.75 bits per heavy atom. The lowest BCUT2D eigenvalue weighted by atomic mass is 10.2. The molecule has 0 saturated heterocycles. The van der Waals surface area contributed by atoms with E-state index in [2.05, 4.69) is 26.1 Å². The van der Waals surface area contributed by atoms with Gasteiger partial charge in [0.25, 0.3) is 0 Å². The molecule has 0 aliphatic carbocycles. The van der Waals surface area contributed by atoms with Crippen molar-refractivity contribution in [3.8, 4) is 5.69 Å². The summed E-state index contributed by atoms with van der Waals surface area (Å²) in [6.07, 6.45) is 1.85. The molecule has 2 heterocycles. The number of carbonyl (C=O) groups is 1. The highest BCUT2D eigenvalue weighted by atomic mass is 79.9. The maximum absolute atomic E-state index is 12.2. The summed E-state index contributed by atoms with van der Waals surface area (Å²) < 4.78 is 0.964. The number of hydrogen-bond acceptors (Lipinski definition) is 4. The highest BCUT2D eigenvalue weighted by molar-refractivity contribution is 9.10. The zero-order valence-electron chi connectivity index (χ0n) is 10.4. The van der Waals surface area contributed by atoms with Gasteiger partial charge in [0, 0.05) is 15.8 Å². The zero-order valence-corrected chi connectivity index (χ0v) is 12.8. The fourth-order valence-corrected chi connectivity index (χ4v) is 3.26. The molecule has 0 atom stereocenters. The van der Waals surface area contributed by atoms with Crippen molar-refractivity contribution in [1.29, 1.82) is 0 Å². The van der Waals surface area contributed by atoms with Crippen molar-refractivity contribution in [3.63, 3.8) is 0 Å². The van der Waals surface area contributed by atoms with Crippen LogP contribution in [0.5, 0.6) is 0 Å². The lowest BCUT2D eigenvalue weighted by Gasteiger charge is -1.98. The van der Waals surface area contributed by atoms with E-state index >= 15 is 0 Å². The predicted molar refractivity (Wildman–Crippen MR) is 81.4 cm³/mol. The summed E-state index contributed by atoms with van der Waals surface area (Å²) in [6.45, 7) is 0. The highest BCUT2D eigenvalue weighted by Gasteiger charge is 2.14. The van der Waals surface area contributed by atoms with Gasteiger partial charge in [-0.05, 0) is 39.5 Å². The molecule has 1 aromatic carbocycles. The van der Waals surface area contributed by atoms with Crippen molar-refractivity contribution >= 4 is 33.0 Å². The molecule has 0 aliphatic rings. The molecule has 0 amide bonds. The molecule has 0 spiro atoms. The number of carbonyl (C=O) groups excluding carboxylic acids is 1. The van der Waals surface area contributed by atoms with Gasteiger partial charge in [-0.3, -0.25) is 4.79 Å². The first-order chi connectivity index (χ1) is 9.74. The summed E-state index contributed by atoms with van der Waals surface area (Å²) in [5.41, 5.74) is 1.22. The van der Waals surface area contributed by atoms with Crippen LogP contribution in [0.3, 0.4) is 0 Å². The van der Waals surface area contributed by atoms with E-state index in [4.69, 9.17) is 0 Å². The van der Waals surface area contributed by atoms with E-state index in [1.165, 1.54) is 11.0 Å². The molecule has 6 heteroatoms. The first-order valence-electron chi connectivity index (χ1n) is 5.97. The second kappa shape index (κ2) is 5.68. The van der Waals surface area contributed by atoms with Gasteiger partial charge in [0.15, 0.2) is 5.78 Å². The van der Waals surface area contributed by atoms with Crippen LogP contribution in [0.25, 0.3) is 5.69 Å². The Balaban J connectivity index is 1.80. The van der Waals surface area contributed by atoms with Crippen molar-refractivity contribution < 1.29 is 4.79 Å². The fourth-order valence-electron chi connectivity index (χ4n) is 1.76. The fraction of sp³-hybridized carbons (Fsp3) is 0.0714. The molecule has 0 unspecified atom stereocenters. The van der Waals surface area contributed by atoms with Gasteiger partial charge >= 0.3 is 0 Å². The highest BCUT2D eigenvalue weighted by Crippen LogP contribution is 2.23. The molecular weight excluding hydrogens is 338 g/mol. The summed E-state index contributed by atoms with van der Waals surface area (Å²) in [6, 6.07) is 11.5. The number of Topliss-reactive ketones (excluding diaryl/α,β-unsaturated/α-hetero) is 1. The molecule has 0 fully saturated rings. The van der Waals surface area contributed by atoms with E-state index in [0.29, 0.717) is 12.1 Å². The lowest BCUT2D eigenvalue weighted by Crippen LogP contribution is -2.05. The average Bonchev–Trinajstić information content (AvgIpc) is 3.10. The maximum Gasteiger partial charge on any atom is 0.189 e. The number of benzene rings is 1. The van der Waals surface area contributed by atoms with Crippen LogP contribution in [-0.2, 0) is 6.42 Å². The number of halogens is 1. The minimum absolute atomic E-state index is 0.0321. The molecule has 3 rings (SSSR count). The molecule has 0 radical (unpaired) electrons. The standard InChI is InChI=1S/C14H10BrN3OS/c15-11-6-7-20-14(11)8-13(19)12-9-16-18(17-12)10-4-2-1-3-5-10/h1-7,9H,8H2. The van der Waals surface area contributed by atoms with Crippen LogP contribution in [0.2, 0.25) is 0 Å². The maximum atomic E-state index is 12.2. The SMILES string of the molecule is O=C(Cc1sccc1Br)c1cnn(-c2ccccc2)n1. The van der Waals surface area contributed by atoms with Gasteiger partial charge in [-0.25, -0.2) is 0 Å². The molecule has 0 aliphatic heterocycles. The van der Waals surface area contributed by atoms with Crippen LogP contribution < -0.4 is 0 Å². The smallest absolute Gasteiger partial charge is 0.189 e. The van der Waals surface area contributed by atoms with Crippen LogP contribution in [0, 0.1) is 0 Å². The van der Waals surface area contributed by atoms with Crippen molar-refractivity contribution in [2.24, 2.45) is 0 Å². The third-order valence-corrected chi connectivity index (χ3v) is 4.70. The topological polar surface area (TPSA) is 47.8 Å². The molecule has 100 valence electrons. The van der Waals surface area contributed by atoms with Crippen molar-refractivity contribution in [1.82, 2.24) is 15.0 Å². The Hall–Kier alpha value is -1.79. The van der Waals surface area contributed by atoms with Crippen LogP contribution in [0.4, 0.5) is 0 Å². The molecule has 20 heavy (non-hydrogen) atoms. The molecule has 3 aromatic rings. The Kier molecular flexibility index (Phi) is 3.75. The Labute approximate surface area is 128 Å². The second-order valence-electron chi connectivity index (χ2n) is 4.15. The normalized spacial score (nSPS) is 10.7. The molecule has 4 nitrogen and oxygen atoms in total. The molecule has 2 aromatic heterocycles. The summed E-state index contributed by atoms with van der Waals surface area (Å²) >= 11 is 4.98. The minimum Gasteiger partial charge on any atom is -0.292 e. The number of hydrogen-bond donors (Lipinski definition) is 0. The van der Waals surface area contributed by atoms with E-state index in [1.807, 2.05) is 41.8 Å². The summed E-state index contributed by atoms with van der Waals surface area (Å²) in [7, 11) is 0. The number of nitrogens with zero attached hydrogens (tertiary/aromatic N) is 3. The lowest BCUT2D eigenvalue weighted by molar-refractivity contribution is 0.0988. The molecule has 0 saturated carbocycles. The third kappa shape index (κ3) is 2.71. The van der Waals surface area contributed by atoms with E-state index in [1.54, 1.807) is 11.3 Å². The van der Waals surface area contributed by atoms with Gasteiger partial charge in [0.1, 0.15) is 5.69 Å². The second-order valence-corrected chi connectivity index (χ2v) is 6.00. The number of ketones is 1. The summed E-state index contributed by atoms with van der Waals surface area (Å²) in [5, 5.41) is 10.3. The molecule has 0 N–H and O–H groups in total. The minimum atomic E-state index is -0.0321. The van der Waals surface area contributed by atoms with Gasteiger partial charge in [-0.2, -0.15) is 9.90 Å². The third-order valence-electron chi connectivity index (χ3n) is 2.78. The summed E-state index contributed by atoms with van der Waals surface area (Å²) in [4.78, 5) is 14.7. The predicted octanol–water partition coefficient (Wildman–Crippen LogP) is 3.52. The van der Waals surface area contributed by atoms with Gasteiger partial charge in [-0.15, -0.1) is 16.4 Å². The van der Waals surface area contributed by atoms with E-state index < -0.39 is 0 Å². The average molecular weight is 348 g/mol. The summed E-state index contributed by atoms with van der Waals surface area (Å²) in [5.74, 6) is -0.0321. The van der Waals surface area contributed by atoms with Crippen molar-refractivity contribution in [3.05, 3.63) is 63.0 Å². The van der Waals surface area contributed by atoms with Crippen molar-refractivity contribution in [2.45, 2.75) is 6.42 Å². The van der Waals surface area contributed by atoms with E-state index in [0.717, 1.165) is 15.0 Å². The first kappa shape index (κ1) is 13.2. The first-order valence-corrected chi connectivity index (χ1v) is 7.64. The Morgan fingerprint density at radius 1 is 1.25 bits per heavy atom. The van der Waals surface area contributed by atoms with Crippen LogP contribution in [0.15, 0.2) is 52.4 Å². The largest absolute Gasteiger partial charge is 0.292 e. The Morgan fingerprint density at radius 2 is 2.05 bits per heavy atom. The zero-order chi connectivity index (χ0) is 13.9. The molecule has 0 bridgehead atoms. The van der Waals surface area contributed by atoms with Crippen molar-refractivity contribution in [2.75, 3.05) is 0 Å². The van der Waals surface area contributed by atoms with Crippen LogP contribution in [-0.4, -0.2) is 20.8 Å². The monoisotopic (exact) mass is 347 g/mol. The van der Waals surface area contributed by atoms with E-state index in [-0.39, 0.29) is 5.78 Å². The van der Waals surface area contributed by atoms with Crippen LogP contribution >= 0.6 is 27.3 Å². The molecular formula is C14H10BrN3OS. The van der Waals surface area contributed by atoms with E-state index in [9.17, 15) is 4.79 Å². The van der Waals surface area contributed by atoms with Gasteiger partial charge in [0.05, 0.1) is 11.9 Å². The number of aromatic nitrogens is 3. The quantitative estimate of drug-likeness (QED) is 0.678. The number of thiophene rings is 1. The number of rotatable bonds is 4. The van der Waals surface area contributed by atoms with Gasteiger partial charge in [-0.1, -0.05) is 18.2 Å². The van der Waals surface area contributed by atoms with Gasteiger partial charge in [0.2, 0.25) is 0 Å². The van der Waals surface area contributed by atoms with Gasteiger partial charge < -0.3 is 0 Å². The van der Waals surface area contributed by atoms with Crippen LogP contribution in [0.1, 0.15) is 15.4 Å².